The third-order valence-electron chi connectivity index (χ3n) is 5.95. The lowest BCUT2D eigenvalue weighted by Gasteiger charge is -2.39. The van der Waals surface area contributed by atoms with Gasteiger partial charge in [-0.2, -0.15) is 0 Å². The Morgan fingerprint density at radius 2 is 2.05 bits per heavy atom. The summed E-state index contributed by atoms with van der Waals surface area (Å²) in [5, 5.41) is 13.7. The Labute approximate surface area is 131 Å². The van der Waals surface area contributed by atoms with Crippen LogP contribution >= 0.6 is 0 Å². The standard InChI is InChI=1S/C18H36N2O/c1-3-12-19-18(15-21)11-7-8-16(18)10-14-20-13-6-5-9-17(20)4-2/h16-17,19,21H,3-15H2,1-2H3. The Morgan fingerprint density at radius 3 is 2.76 bits per heavy atom. The molecule has 0 aromatic carbocycles. The van der Waals surface area contributed by atoms with Gasteiger partial charge < -0.3 is 15.3 Å². The van der Waals surface area contributed by atoms with Crippen molar-refractivity contribution >= 4 is 0 Å². The molecule has 0 spiro atoms. The number of nitrogens with one attached hydrogen (secondary N) is 1. The Morgan fingerprint density at radius 1 is 1.19 bits per heavy atom. The summed E-state index contributed by atoms with van der Waals surface area (Å²) in [6.07, 6.45) is 11.6. The monoisotopic (exact) mass is 296 g/mol. The van der Waals surface area contributed by atoms with Gasteiger partial charge in [-0.05, 0) is 70.5 Å². The predicted octanol–water partition coefficient (Wildman–Crippen LogP) is 3.17. The second kappa shape index (κ2) is 8.50. The number of likely N-dealkylation sites (tertiary alicyclic amines) is 1. The Hall–Kier alpha value is -0.120. The van der Waals surface area contributed by atoms with Crippen molar-refractivity contribution in [2.75, 3.05) is 26.2 Å². The lowest BCUT2D eigenvalue weighted by molar-refractivity contribution is 0.0931. The Balaban J connectivity index is 1.88. The first kappa shape index (κ1) is 17.2. The highest BCUT2D eigenvalue weighted by Gasteiger charge is 2.41. The second-order valence-electron chi connectivity index (χ2n) is 7.21. The molecule has 2 aliphatic rings. The molecule has 2 fully saturated rings. The van der Waals surface area contributed by atoms with Crippen molar-refractivity contribution in [1.82, 2.24) is 10.2 Å². The molecule has 0 amide bonds. The van der Waals surface area contributed by atoms with Crippen LogP contribution in [0.25, 0.3) is 0 Å². The lowest BCUT2D eigenvalue weighted by Crippen LogP contribution is -2.52. The molecule has 0 aromatic rings. The average molecular weight is 296 g/mol. The molecular formula is C18H36N2O. The van der Waals surface area contributed by atoms with Gasteiger partial charge >= 0.3 is 0 Å². The summed E-state index contributed by atoms with van der Waals surface area (Å²) in [4.78, 5) is 2.73. The van der Waals surface area contributed by atoms with Gasteiger partial charge in [-0.3, -0.25) is 0 Å². The number of hydrogen-bond donors (Lipinski definition) is 2. The van der Waals surface area contributed by atoms with E-state index in [4.69, 9.17) is 0 Å². The highest BCUT2D eigenvalue weighted by Crippen LogP contribution is 2.38. The van der Waals surface area contributed by atoms with Gasteiger partial charge in [0.2, 0.25) is 0 Å². The topological polar surface area (TPSA) is 35.5 Å². The van der Waals surface area contributed by atoms with E-state index >= 15 is 0 Å². The van der Waals surface area contributed by atoms with Gasteiger partial charge in [-0.25, -0.2) is 0 Å². The number of nitrogens with zero attached hydrogens (tertiary/aromatic N) is 1. The van der Waals surface area contributed by atoms with E-state index in [0.717, 1.165) is 25.4 Å². The van der Waals surface area contributed by atoms with Crippen LogP contribution in [0.1, 0.15) is 71.6 Å². The molecule has 0 aromatic heterocycles. The predicted molar refractivity (Wildman–Crippen MR) is 89.6 cm³/mol. The largest absolute Gasteiger partial charge is 0.394 e. The molecule has 1 heterocycles. The highest BCUT2D eigenvalue weighted by molar-refractivity contribution is 4.99. The van der Waals surface area contributed by atoms with Crippen molar-refractivity contribution in [3.63, 3.8) is 0 Å². The van der Waals surface area contributed by atoms with Crippen molar-refractivity contribution in [1.29, 1.82) is 0 Å². The van der Waals surface area contributed by atoms with Crippen LogP contribution in [0.15, 0.2) is 0 Å². The van der Waals surface area contributed by atoms with Gasteiger partial charge in [0.1, 0.15) is 0 Å². The molecule has 2 rings (SSSR count). The van der Waals surface area contributed by atoms with Crippen LogP contribution in [0.4, 0.5) is 0 Å². The van der Waals surface area contributed by atoms with Crippen LogP contribution in [0.5, 0.6) is 0 Å². The van der Waals surface area contributed by atoms with Crippen LogP contribution in [0.3, 0.4) is 0 Å². The van der Waals surface area contributed by atoms with Crippen molar-refractivity contribution in [2.24, 2.45) is 5.92 Å². The van der Waals surface area contributed by atoms with Crippen molar-refractivity contribution in [3.05, 3.63) is 0 Å². The smallest absolute Gasteiger partial charge is 0.0616 e. The number of piperidine rings is 1. The van der Waals surface area contributed by atoms with E-state index in [1.54, 1.807) is 0 Å². The van der Waals surface area contributed by atoms with Crippen LogP contribution in [0.2, 0.25) is 0 Å². The van der Waals surface area contributed by atoms with E-state index < -0.39 is 0 Å². The molecule has 3 nitrogen and oxygen atoms in total. The summed E-state index contributed by atoms with van der Waals surface area (Å²) in [7, 11) is 0. The molecule has 21 heavy (non-hydrogen) atoms. The maximum absolute atomic E-state index is 9.97. The summed E-state index contributed by atoms with van der Waals surface area (Å²) < 4.78 is 0. The van der Waals surface area contributed by atoms with E-state index in [9.17, 15) is 5.11 Å². The quantitative estimate of drug-likeness (QED) is 0.722. The average Bonchev–Trinajstić information content (AvgIpc) is 2.94. The molecule has 1 aliphatic carbocycles. The van der Waals surface area contributed by atoms with Gasteiger partial charge in [0, 0.05) is 11.6 Å². The second-order valence-corrected chi connectivity index (χ2v) is 7.21. The maximum Gasteiger partial charge on any atom is 0.0616 e. The molecule has 3 unspecified atom stereocenters. The van der Waals surface area contributed by atoms with Gasteiger partial charge in [-0.1, -0.05) is 26.7 Å². The normalized spacial score (nSPS) is 34.4. The summed E-state index contributed by atoms with van der Waals surface area (Å²) >= 11 is 0. The van der Waals surface area contributed by atoms with E-state index in [-0.39, 0.29) is 5.54 Å². The fraction of sp³-hybridized carbons (Fsp3) is 1.00. The Bertz CT molecular complexity index is 297. The molecule has 0 bridgehead atoms. The first-order valence-electron chi connectivity index (χ1n) is 9.35. The van der Waals surface area contributed by atoms with Crippen molar-refractivity contribution in [2.45, 2.75) is 83.2 Å². The zero-order valence-corrected chi connectivity index (χ0v) is 14.2. The number of aliphatic hydroxyl groups is 1. The van der Waals surface area contributed by atoms with Crippen LogP contribution in [0, 0.1) is 5.92 Å². The number of hydrogen-bond acceptors (Lipinski definition) is 3. The molecule has 2 N–H and O–H groups in total. The zero-order chi connectivity index (χ0) is 15.1. The van der Waals surface area contributed by atoms with E-state index in [0.29, 0.717) is 12.5 Å². The summed E-state index contributed by atoms with van der Waals surface area (Å²) in [5.41, 5.74) is 0.0213. The van der Waals surface area contributed by atoms with Crippen LogP contribution in [-0.2, 0) is 0 Å². The minimum absolute atomic E-state index is 0.0213. The fourth-order valence-corrected chi connectivity index (χ4v) is 4.57. The number of aliphatic hydroxyl groups excluding tert-OH is 1. The van der Waals surface area contributed by atoms with Gasteiger partial charge in [0.25, 0.3) is 0 Å². The highest BCUT2D eigenvalue weighted by atomic mass is 16.3. The Kier molecular flexibility index (Phi) is 6.97. The summed E-state index contributed by atoms with van der Waals surface area (Å²) in [5.74, 6) is 0.661. The van der Waals surface area contributed by atoms with Gasteiger partial charge in [0.15, 0.2) is 0 Å². The summed E-state index contributed by atoms with van der Waals surface area (Å²) in [6, 6.07) is 0.812. The van der Waals surface area contributed by atoms with Gasteiger partial charge in [0.05, 0.1) is 6.61 Å². The maximum atomic E-state index is 9.97. The number of rotatable bonds is 8. The fourth-order valence-electron chi connectivity index (χ4n) is 4.57. The molecular weight excluding hydrogens is 260 g/mol. The molecule has 124 valence electrons. The lowest BCUT2D eigenvalue weighted by atomic mass is 9.84. The van der Waals surface area contributed by atoms with Crippen molar-refractivity contribution in [3.8, 4) is 0 Å². The van der Waals surface area contributed by atoms with E-state index in [1.807, 2.05) is 0 Å². The first-order chi connectivity index (χ1) is 10.3. The van der Waals surface area contributed by atoms with Crippen molar-refractivity contribution < 1.29 is 5.11 Å². The first-order valence-corrected chi connectivity index (χ1v) is 9.35. The van der Waals surface area contributed by atoms with Crippen LogP contribution in [-0.4, -0.2) is 47.8 Å². The van der Waals surface area contributed by atoms with Gasteiger partial charge in [-0.15, -0.1) is 0 Å². The molecule has 3 atom stereocenters. The molecule has 3 heteroatoms. The van der Waals surface area contributed by atoms with E-state index in [1.165, 1.54) is 58.0 Å². The molecule has 1 saturated heterocycles. The summed E-state index contributed by atoms with van der Waals surface area (Å²) in [6.45, 7) is 8.42. The molecule has 0 radical (unpaired) electrons. The SMILES string of the molecule is CCCNC1(CO)CCCC1CCN1CCCCC1CC. The molecule has 1 saturated carbocycles. The van der Waals surface area contributed by atoms with Crippen LogP contribution < -0.4 is 5.32 Å². The third kappa shape index (κ3) is 4.20. The minimum atomic E-state index is 0.0213. The zero-order valence-electron chi connectivity index (χ0n) is 14.2. The third-order valence-corrected chi connectivity index (χ3v) is 5.95. The van der Waals surface area contributed by atoms with E-state index in [2.05, 4.69) is 24.1 Å². The minimum Gasteiger partial charge on any atom is -0.394 e. The molecule has 1 aliphatic heterocycles.